The van der Waals surface area contributed by atoms with Gasteiger partial charge < -0.3 is 4.74 Å². The lowest BCUT2D eigenvalue weighted by Crippen LogP contribution is -1.77. The van der Waals surface area contributed by atoms with E-state index in [0.29, 0.717) is 0 Å². The molecule has 0 amide bonds. The summed E-state index contributed by atoms with van der Waals surface area (Å²) in [5.41, 5.74) is 4.15. The number of ether oxygens (including phenoxy) is 1. The first-order chi connectivity index (χ1) is 4.83. The van der Waals surface area contributed by atoms with E-state index in [9.17, 15) is 0 Å². The van der Waals surface area contributed by atoms with E-state index >= 15 is 0 Å². The molecule has 1 heteroatoms. The summed E-state index contributed by atoms with van der Waals surface area (Å²) in [6.07, 6.45) is 7.77. The van der Waals surface area contributed by atoms with Crippen molar-refractivity contribution < 1.29 is 4.74 Å². The van der Waals surface area contributed by atoms with Gasteiger partial charge in [0.25, 0.3) is 0 Å². The van der Waals surface area contributed by atoms with Crippen LogP contribution in [0.15, 0.2) is 41.4 Å². The molecule has 0 spiro atoms. The summed E-state index contributed by atoms with van der Waals surface area (Å²) in [5.74, 6) is 0.780. The quantitative estimate of drug-likeness (QED) is 0.499. The zero-order valence-electron chi connectivity index (χ0n) is 6.22. The third-order valence-electron chi connectivity index (χ3n) is 1.25. The minimum absolute atomic E-state index is 0.780. The number of methoxy groups -OCH3 is 1. The Balaban J connectivity index is 3.00. The van der Waals surface area contributed by atoms with Crippen molar-refractivity contribution in [3.8, 4) is 0 Å². The van der Waals surface area contributed by atoms with Gasteiger partial charge in [0.15, 0.2) is 5.76 Å². The van der Waals surface area contributed by atoms with Crippen molar-refractivity contribution >= 4 is 0 Å². The average molecular weight is 134 g/mol. The molecule has 1 aliphatic carbocycles. The predicted molar refractivity (Wildman–Crippen MR) is 41.5 cm³/mol. The second-order valence-electron chi connectivity index (χ2n) is 2.09. The lowest BCUT2D eigenvalue weighted by molar-refractivity contribution is 0.308. The molecular formula is C9H10O. The van der Waals surface area contributed by atoms with Crippen LogP contribution in [-0.4, -0.2) is 7.11 Å². The summed E-state index contributed by atoms with van der Waals surface area (Å²) in [6.45, 7) is 1.99. The zero-order valence-corrected chi connectivity index (χ0v) is 6.22. The molecule has 0 saturated carbocycles. The van der Waals surface area contributed by atoms with Crippen molar-refractivity contribution in [2.75, 3.05) is 7.11 Å². The summed E-state index contributed by atoms with van der Waals surface area (Å²) >= 11 is 0. The number of hydrogen-bond acceptors (Lipinski definition) is 1. The van der Waals surface area contributed by atoms with E-state index in [4.69, 9.17) is 4.74 Å². The molecular weight excluding hydrogens is 124 g/mol. The van der Waals surface area contributed by atoms with Crippen molar-refractivity contribution in [2.24, 2.45) is 0 Å². The van der Waals surface area contributed by atoms with E-state index < -0.39 is 0 Å². The van der Waals surface area contributed by atoms with Crippen molar-refractivity contribution in [1.29, 1.82) is 0 Å². The molecule has 52 valence electrons. The lowest BCUT2D eigenvalue weighted by atomic mass is 10.3. The first-order valence-corrected chi connectivity index (χ1v) is 3.19. The summed E-state index contributed by atoms with van der Waals surface area (Å²) in [7, 11) is 1.64. The van der Waals surface area contributed by atoms with Crippen LogP contribution in [0, 0.1) is 0 Å². The Hall–Kier alpha value is -1.20. The van der Waals surface area contributed by atoms with Crippen molar-refractivity contribution in [1.82, 2.24) is 0 Å². The molecule has 0 unspecified atom stereocenters. The van der Waals surface area contributed by atoms with Crippen LogP contribution in [0.3, 0.4) is 0 Å². The number of rotatable bonds is 1. The zero-order chi connectivity index (χ0) is 7.40. The molecule has 1 aliphatic rings. The molecule has 1 nitrogen and oxygen atoms in total. The van der Waals surface area contributed by atoms with Crippen LogP contribution < -0.4 is 0 Å². The highest BCUT2D eigenvalue weighted by molar-refractivity contribution is 5.29. The largest absolute Gasteiger partial charge is 0.489 e. The maximum atomic E-state index is 5.00. The van der Waals surface area contributed by atoms with Gasteiger partial charge in [-0.25, -0.2) is 0 Å². The molecule has 0 aromatic carbocycles. The van der Waals surface area contributed by atoms with E-state index in [1.807, 2.05) is 31.2 Å². The second kappa shape index (κ2) is 3.09. The van der Waals surface area contributed by atoms with E-state index in [0.717, 1.165) is 11.3 Å². The Bertz CT molecular complexity index is 237. The predicted octanol–water partition coefficient (Wildman–Crippen LogP) is 2.19. The first-order valence-electron chi connectivity index (χ1n) is 3.19. The second-order valence-corrected chi connectivity index (χ2v) is 2.09. The van der Waals surface area contributed by atoms with Gasteiger partial charge in [-0.15, -0.1) is 0 Å². The van der Waals surface area contributed by atoms with Gasteiger partial charge in [-0.1, -0.05) is 24.0 Å². The minimum Gasteiger partial charge on any atom is -0.489 e. The molecule has 1 rings (SSSR count). The fraction of sp³-hybridized carbons (Fsp3) is 0.222. The Kier molecular flexibility index (Phi) is 2.14. The van der Waals surface area contributed by atoms with Gasteiger partial charge in [-0.3, -0.25) is 0 Å². The molecule has 0 heterocycles. The Morgan fingerprint density at radius 1 is 1.30 bits per heavy atom. The van der Waals surface area contributed by atoms with Crippen LogP contribution in [0.25, 0.3) is 0 Å². The highest BCUT2D eigenvalue weighted by Gasteiger charge is 1.88. The normalized spacial score (nSPS) is 15.8. The van der Waals surface area contributed by atoms with E-state index in [1.165, 1.54) is 0 Å². The Labute approximate surface area is 61.0 Å². The molecule has 0 aliphatic heterocycles. The van der Waals surface area contributed by atoms with Crippen molar-refractivity contribution in [3.63, 3.8) is 0 Å². The molecule has 0 N–H and O–H groups in total. The van der Waals surface area contributed by atoms with E-state index in [-0.39, 0.29) is 0 Å². The summed E-state index contributed by atoms with van der Waals surface area (Å²) in [6, 6.07) is 0. The van der Waals surface area contributed by atoms with Gasteiger partial charge in [0.05, 0.1) is 7.11 Å². The van der Waals surface area contributed by atoms with Gasteiger partial charge in [0, 0.05) is 0 Å². The highest BCUT2D eigenvalue weighted by Crippen LogP contribution is 2.03. The smallest absolute Gasteiger partial charge is 0.162 e. The maximum absolute atomic E-state index is 5.00. The van der Waals surface area contributed by atoms with Gasteiger partial charge in [-0.05, 0) is 18.6 Å². The number of hydrogen-bond donors (Lipinski definition) is 0. The van der Waals surface area contributed by atoms with Crippen LogP contribution in [0.4, 0.5) is 0 Å². The first kappa shape index (κ1) is 6.91. The van der Waals surface area contributed by atoms with Crippen molar-refractivity contribution in [3.05, 3.63) is 41.4 Å². The fourth-order valence-electron chi connectivity index (χ4n) is 0.740. The third-order valence-corrected chi connectivity index (χ3v) is 1.25. The number of allylic oxidation sites excluding steroid dienone is 4. The summed E-state index contributed by atoms with van der Waals surface area (Å²) in [5, 5.41) is 0. The van der Waals surface area contributed by atoms with Gasteiger partial charge in [0.2, 0.25) is 0 Å². The van der Waals surface area contributed by atoms with Crippen molar-refractivity contribution in [2.45, 2.75) is 6.92 Å². The lowest BCUT2D eigenvalue weighted by Gasteiger charge is -1.92. The fourth-order valence-corrected chi connectivity index (χ4v) is 0.740. The molecule has 0 saturated heterocycles. The van der Waals surface area contributed by atoms with Gasteiger partial charge in [-0.2, -0.15) is 0 Å². The van der Waals surface area contributed by atoms with Crippen LogP contribution in [0.5, 0.6) is 0 Å². The van der Waals surface area contributed by atoms with Gasteiger partial charge in [0.1, 0.15) is 0 Å². The SMILES string of the molecule is COC1=C=C(C)C=CC=C1. The summed E-state index contributed by atoms with van der Waals surface area (Å²) < 4.78 is 5.00. The molecule has 0 fully saturated rings. The molecule has 0 bridgehead atoms. The minimum atomic E-state index is 0.780. The van der Waals surface area contributed by atoms with Crippen LogP contribution in [-0.2, 0) is 4.74 Å². The standard InChI is InChI=1S/C9H10O/c1-8-5-3-4-6-9(7-8)10-2/h3-6H,1-2H3. The molecule has 0 aromatic heterocycles. The van der Waals surface area contributed by atoms with E-state index in [2.05, 4.69) is 5.73 Å². The van der Waals surface area contributed by atoms with Gasteiger partial charge >= 0.3 is 0 Å². The van der Waals surface area contributed by atoms with Crippen LogP contribution >= 0.6 is 0 Å². The Morgan fingerprint density at radius 2 is 2.00 bits per heavy atom. The summed E-state index contributed by atoms with van der Waals surface area (Å²) in [4.78, 5) is 0. The molecule has 10 heavy (non-hydrogen) atoms. The van der Waals surface area contributed by atoms with Crippen LogP contribution in [0.1, 0.15) is 6.92 Å². The monoisotopic (exact) mass is 134 g/mol. The van der Waals surface area contributed by atoms with E-state index in [1.54, 1.807) is 7.11 Å². The highest BCUT2D eigenvalue weighted by atomic mass is 16.5. The average Bonchev–Trinajstić information content (AvgIpc) is 2.13. The third kappa shape index (κ3) is 1.64. The maximum Gasteiger partial charge on any atom is 0.162 e. The molecule has 0 radical (unpaired) electrons. The topological polar surface area (TPSA) is 9.23 Å². The Morgan fingerprint density at radius 3 is 2.70 bits per heavy atom. The molecule has 0 aromatic rings. The molecule has 0 atom stereocenters. The van der Waals surface area contributed by atoms with Crippen LogP contribution in [0.2, 0.25) is 0 Å².